The molecule has 10 heavy (non-hydrogen) atoms. The zero-order valence-electron chi connectivity index (χ0n) is 7.10. The molecule has 0 fully saturated rings. The van der Waals surface area contributed by atoms with Gasteiger partial charge in [-0.25, -0.2) is 0 Å². The lowest BCUT2D eigenvalue weighted by molar-refractivity contribution is 0.294. The normalized spacial score (nSPS) is 11.4. The van der Waals surface area contributed by atoms with E-state index in [0.29, 0.717) is 0 Å². The van der Waals surface area contributed by atoms with Crippen LogP contribution in [0.2, 0.25) is 0 Å². The Labute approximate surface area is 68.8 Å². The van der Waals surface area contributed by atoms with Crippen molar-refractivity contribution in [1.29, 1.82) is 0 Å². The van der Waals surface area contributed by atoms with Crippen LogP contribution in [0.15, 0.2) is 0 Å². The summed E-state index contributed by atoms with van der Waals surface area (Å²) in [5, 5.41) is 0. The van der Waals surface area contributed by atoms with Gasteiger partial charge in [0.05, 0.1) is 0 Å². The van der Waals surface area contributed by atoms with E-state index in [0.717, 1.165) is 25.5 Å². The molecular weight excluding hydrogens is 148 g/mol. The maximum absolute atomic E-state index is 5.56. The molecule has 0 aromatic carbocycles. The first-order valence-electron chi connectivity index (χ1n) is 3.56. The summed E-state index contributed by atoms with van der Waals surface area (Å²) in [5.41, 5.74) is 0. The molecule has 0 aromatic heterocycles. The van der Waals surface area contributed by atoms with E-state index in [9.17, 15) is 0 Å². The summed E-state index contributed by atoms with van der Waals surface area (Å²) in [6.45, 7) is 3.18. The maximum atomic E-state index is 5.56. The van der Waals surface area contributed by atoms with E-state index in [2.05, 4.69) is 30.9 Å². The number of hydrogen-bond donors (Lipinski definition) is 0. The molecule has 0 amide bonds. The zero-order chi connectivity index (χ0) is 7.98. The van der Waals surface area contributed by atoms with Gasteiger partial charge in [-0.15, -0.1) is 11.6 Å². The minimum absolute atomic E-state index is 0.726. The summed E-state index contributed by atoms with van der Waals surface area (Å²) in [6, 6.07) is 0. The lowest BCUT2D eigenvalue weighted by atomic mass is 10.5. The van der Waals surface area contributed by atoms with Crippen LogP contribution in [0.4, 0.5) is 0 Å². The Morgan fingerprint density at radius 1 is 1.00 bits per heavy atom. The summed E-state index contributed by atoms with van der Waals surface area (Å²) >= 11 is 5.56. The smallest absolute Gasteiger partial charge is 0.0351 e. The van der Waals surface area contributed by atoms with Crippen molar-refractivity contribution >= 4 is 11.6 Å². The van der Waals surface area contributed by atoms with E-state index < -0.39 is 0 Å². The molecule has 0 spiro atoms. The van der Waals surface area contributed by atoms with Gasteiger partial charge in [0.25, 0.3) is 0 Å². The van der Waals surface area contributed by atoms with E-state index in [-0.39, 0.29) is 0 Å². The summed E-state index contributed by atoms with van der Waals surface area (Å²) in [5.74, 6) is 0.726. The van der Waals surface area contributed by atoms with Crippen molar-refractivity contribution < 1.29 is 0 Å². The van der Waals surface area contributed by atoms with E-state index in [1.807, 2.05) is 0 Å². The monoisotopic (exact) mass is 164 g/mol. The largest absolute Gasteiger partial charge is 0.308 e. The van der Waals surface area contributed by atoms with E-state index in [1.54, 1.807) is 0 Å². The predicted octanol–water partition coefficient (Wildman–Crippen LogP) is 0.719. The minimum Gasteiger partial charge on any atom is -0.308 e. The predicted molar refractivity (Wildman–Crippen MR) is 46.8 cm³/mol. The SMILES string of the molecule is CN(C)CCN(C)CCCl. The van der Waals surface area contributed by atoms with Crippen molar-refractivity contribution in [2.45, 2.75) is 0 Å². The molecule has 62 valence electrons. The molecule has 0 saturated carbocycles. The van der Waals surface area contributed by atoms with Crippen molar-refractivity contribution in [1.82, 2.24) is 9.80 Å². The fourth-order valence-corrected chi connectivity index (χ4v) is 0.915. The second-order valence-electron chi connectivity index (χ2n) is 2.80. The van der Waals surface area contributed by atoms with Gasteiger partial charge in [-0.3, -0.25) is 0 Å². The van der Waals surface area contributed by atoms with Crippen molar-refractivity contribution in [3.63, 3.8) is 0 Å². The van der Waals surface area contributed by atoms with Crippen LogP contribution in [0.5, 0.6) is 0 Å². The van der Waals surface area contributed by atoms with E-state index in [4.69, 9.17) is 11.6 Å². The van der Waals surface area contributed by atoms with Gasteiger partial charge in [-0.2, -0.15) is 0 Å². The van der Waals surface area contributed by atoms with Crippen LogP contribution >= 0.6 is 11.6 Å². The molecular formula is C7H17ClN2. The topological polar surface area (TPSA) is 6.48 Å². The minimum atomic E-state index is 0.726. The van der Waals surface area contributed by atoms with Gasteiger partial charge in [0.15, 0.2) is 0 Å². The highest BCUT2D eigenvalue weighted by Gasteiger charge is 1.96. The highest BCUT2D eigenvalue weighted by molar-refractivity contribution is 6.18. The average molecular weight is 165 g/mol. The second-order valence-corrected chi connectivity index (χ2v) is 3.17. The number of halogens is 1. The Kier molecular flexibility index (Phi) is 6.08. The second kappa shape index (κ2) is 5.96. The van der Waals surface area contributed by atoms with E-state index in [1.165, 1.54) is 0 Å². The van der Waals surface area contributed by atoms with Crippen LogP contribution in [0.25, 0.3) is 0 Å². The van der Waals surface area contributed by atoms with Gasteiger partial charge in [-0.1, -0.05) is 0 Å². The third-order valence-electron chi connectivity index (χ3n) is 1.40. The zero-order valence-corrected chi connectivity index (χ0v) is 7.86. The Hall–Kier alpha value is 0.210. The van der Waals surface area contributed by atoms with Crippen LogP contribution < -0.4 is 0 Å². The molecule has 0 atom stereocenters. The van der Waals surface area contributed by atoms with Gasteiger partial charge < -0.3 is 9.80 Å². The van der Waals surface area contributed by atoms with Gasteiger partial charge in [0.2, 0.25) is 0 Å². The molecule has 0 aliphatic heterocycles. The van der Waals surface area contributed by atoms with E-state index >= 15 is 0 Å². The van der Waals surface area contributed by atoms with Crippen LogP contribution in [-0.4, -0.2) is 56.5 Å². The van der Waals surface area contributed by atoms with Gasteiger partial charge in [-0.05, 0) is 21.1 Å². The van der Waals surface area contributed by atoms with Gasteiger partial charge in [0.1, 0.15) is 0 Å². The van der Waals surface area contributed by atoms with Crippen LogP contribution in [-0.2, 0) is 0 Å². The van der Waals surface area contributed by atoms with Crippen LogP contribution in [0.3, 0.4) is 0 Å². The first kappa shape index (κ1) is 10.2. The summed E-state index contributed by atoms with van der Waals surface area (Å²) in [7, 11) is 6.24. The molecule has 2 nitrogen and oxygen atoms in total. The molecule has 0 aliphatic carbocycles. The molecule has 0 rings (SSSR count). The quantitative estimate of drug-likeness (QED) is 0.553. The lowest BCUT2D eigenvalue weighted by Crippen LogP contribution is -2.29. The maximum Gasteiger partial charge on any atom is 0.0351 e. The fraction of sp³-hybridized carbons (Fsp3) is 1.00. The number of likely N-dealkylation sites (N-methyl/N-ethyl adjacent to an activating group) is 2. The molecule has 0 radical (unpaired) electrons. The molecule has 0 heterocycles. The molecule has 0 unspecified atom stereocenters. The van der Waals surface area contributed by atoms with Crippen molar-refractivity contribution in [3.8, 4) is 0 Å². The molecule has 0 N–H and O–H groups in total. The lowest BCUT2D eigenvalue weighted by Gasteiger charge is -2.17. The third-order valence-corrected chi connectivity index (χ3v) is 1.56. The molecule has 0 bridgehead atoms. The third kappa shape index (κ3) is 6.33. The highest BCUT2D eigenvalue weighted by Crippen LogP contribution is 1.85. The Bertz CT molecular complexity index is 76.0. The fourth-order valence-electron chi connectivity index (χ4n) is 0.627. The van der Waals surface area contributed by atoms with Crippen LogP contribution in [0, 0.1) is 0 Å². The molecule has 0 saturated heterocycles. The number of alkyl halides is 1. The number of hydrogen-bond acceptors (Lipinski definition) is 2. The van der Waals surface area contributed by atoms with Gasteiger partial charge >= 0.3 is 0 Å². The Balaban J connectivity index is 3.12. The first-order chi connectivity index (χ1) is 4.66. The summed E-state index contributed by atoms with van der Waals surface area (Å²) in [4.78, 5) is 4.40. The van der Waals surface area contributed by atoms with Crippen molar-refractivity contribution in [2.24, 2.45) is 0 Å². The number of rotatable bonds is 5. The molecule has 0 aromatic rings. The van der Waals surface area contributed by atoms with Crippen LogP contribution in [0.1, 0.15) is 0 Å². The summed E-state index contributed by atoms with van der Waals surface area (Å²) < 4.78 is 0. The number of nitrogens with zero attached hydrogens (tertiary/aromatic N) is 2. The van der Waals surface area contributed by atoms with Gasteiger partial charge in [0, 0.05) is 25.5 Å². The molecule has 0 aliphatic rings. The average Bonchev–Trinajstić information content (AvgIpc) is 1.85. The highest BCUT2D eigenvalue weighted by atomic mass is 35.5. The Morgan fingerprint density at radius 2 is 1.60 bits per heavy atom. The summed E-state index contributed by atoms with van der Waals surface area (Å²) in [6.07, 6.45) is 0. The van der Waals surface area contributed by atoms with Crippen molar-refractivity contribution in [3.05, 3.63) is 0 Å². The first-order valence-corrected chi connectivity index (χ1v) is 4.09. The Morgan fingerprint density at radius 3 is 2.00 bits per heavy atom. The van der Waals surface area contributed by atoms with Crippen molar-refractivity contribution in [2.75, 3.05) is 46.7 Å². The molecule has 3 heteroatoms. The standard InChI is InChI=1S/C7H17ClN2/c1-9(2)6-7-10(3)5-4-8/h4-7H2,1-3H3.